The van der Waals surface area contributed by atoms with Crippen molar-refractivity contribution in [2.75, 3.05) is 26.7 Å². The monoisotopic (exact) mass is 380 g/mol. The lowest BCUT2D eigenvalue weighted by Gasteiger charge is -2.15. The molecule has 0 aromatic heterocycles. The summed E-state index contributed by atoms with van der Waals surface area (Å²) < 4.78 is 5.42. The third-order valence-electron chi connectivity index (χ3n) is 5.03. The number of para-hydroxylation sites is 1. The molecule has 1 saturated heterocycles. The predicted octanol–water partition coefficient (Wildman–Crippen LogP) is 3.55. The first kappa shape index (κ1) is 20.2. The van der Waals surface area contributed by atoms with Gasteiger partial charge < -0.3 is 15.4 Å². The van der Waals surface area contributed by atoms with E-state index in [1.165, 1.54) is 37.1 Å². The van der Waals surface area contributed by atoms with Crippen molar-refractivity contribution < 1.29 is 4.74 Å². The van der Waals surface area contributed by atoms with Crippen molar-refractivity contribution in [2.24, 2.45) is 4.99 Å². The van der Waals surface area contributed by atoms with Gasteiger partial charge in [-0.3, -0.25) is 4.90 Å². The van der Waals surface area contributed by atoms with E-state index >= 15 is 0 Å². The summed E-state index contributed by atoms with van der Waals surface area (Å²) in [6.45, 7) is 7.76. The van der Waals surface area contributed by atoms with Crippen LogP contribution in [0.15, 0.2) is 53.5 Å². The fourth-order valence-electron chi connectivity index (χ4n) is 3.49. The first-order valence-corrected chi connectivity index (χ1v) is 10.2. The molecular formula is C23H32N4O. The molecular weight excluding hydrogens is 348 g/mol. The molecule has 0 atom stereocenters. The molecule has 150 valence electrons. The van der Waals surface area contributed by atoms with Crippen molar-refractivity contribution in [1.29, 1.82) is 0 Å². The van der Waals surface area contributed by atoms with Crippen LogP contribution >= 0.6 is 0 Å². The zero-order chi connectivity index (χ0) is 19.6. The van der Waals surface area contributed by atoms with E-state index in [0.29, 0.717) is 13.1 Å². The molecule has 2 N–H and O–H groups in total. The van der Waals surface area contributed by atoms with Crippen LogP contribution in [0.5, 0.6) is 5.75 Å². The van der Waals surface area contributed by atoms with Crippen LogP contribution in [0, 0.1) is 0 Å². The highest BCUT2D eigenvalue weighted by Gasteiger charge is 2.11. The van der Waals surface area contributed by atoms with Gasteiger partial charge in [0.1, 0.15) is 5.75 Å². The number of methoxy groups -OCH3 is 1. The average molecular weight is 381 g/mol. The quantitative estimate of drug-likeness (QED) is 0.543. The van der Waals surface area contributed by atoms with Crippen LogP contribution < -0.4 is 15.4 Å². The number of likely N-dealkylation sites (tertiary alicyclic amines) is 1. The minimum atomic E-state index is 0.658. The highest BCUT2D eigenvalue weighted by atomic mass is 16.5. The highest BCUT2D eigenvalue weighted by Crippen LogP contribution is 2.17. The molecule has 5 nitrogen and oxygen atoms in total. The van der Waals surface area contributed by atoms with Gasteiger partial charge in [0, 0.05) is 25.2 Å². The standard InChI is InChI=1S/C23H32N4O/c1-3-24-23(26-17-21-8-4-5-9-22(21)28-2)25-16-19-10-12-20(13-11-19)18-27-14-6-7-15-27/h4-5,8-13H,3,6-7,14-18H2,1-2H3,(H2,24,25,26). The number of rotatable bonds is 8. The first-order valence-electron chi connectivity index (χ1n) is 10.2. The van der Waals surface area contributed by atoms with Gasteiger partial charge in [0.25, 0.3) is 0 Å². The lowest BCUT2D eigenvalue weighted by atomic mass is 10.1. The molecule has 0 unspecified atom stereocenters. The van der Waals surface area contributed by atoms with Crippen LogP contribution in [0.2, 0.25) is 0 Å². The zero-order valence-electron chi connectivity index (χ0n) is 17.1. The molecule has 0 saturated carbocycles. The summed E-state index contributed by atoms with van der Waals surface area (Å²) in [6, 6.07) is 16.9. The lowest BCUT2D eigenvalue weighted by molar-refractivity contribution is 0.331. The predicted molar refractivity (Wildman–Crippen MR) is 116 cm³/mol. The molecule has 0 amide bonds. The maximum Gasteiger partial charge on any atom is 0.191 e. The second kappa shape index (κ2) is 10.7. The summed E-state index contributed by atoms with van der Waals surface area (Å²) in [5.41, 5.74) is 3.72. The average Bonchev–Trinajstić information content (AvgIpc) is 3.24. The second-order valence-corrected chi connectivity index (χ2v) is 7.16. The van der Waals surface area contributed by atoms with Gasteiger partial charge in [-0.05, 0) is 50.0 Å². The lowest BCUT2D eigenvalue weighted by Crippen LogP contribution is -2.36. The molecule has 2 aromatic rings. The fourth-order valence-corrected chi connectivity index (χ4v) is 3.49. The zero-order valence-corrected chi connectivity index (χ0v) is 17.1. The number of ether oxygens (including phenoxy) is 1. The Kier molecular flexibility index (Phi) is 7.73. The summed E-state index contributed by atoms with van der Waals surface area (Å²) in [5, 5.41) is 6.71. The Morgan fingerprint density at radius 3 is 2.43 bits per heavy atom. The van der Waals surface area contributed by atoms with Gasteiger partial charge in [-0.1, -0.05) is 42.5 Å². The van der Waals surface area contributed by atoms with Gasteiger partial charge in [-0.15, -0.1) is 0 Å². The number of benzene rings is 2. The van der Waals surface area contributed by atoms with Gasteiger partial charge in [0.15, 0.2) is 5.96 Å². The number of guanidine groups is 1. The molecule has 1 fully saturated rings. The van der Waals surface area contributed by atoms with E-state index in [4.69, 9.17) is 9.73 Å². The number of hydrogen-bond donors (Lipinski definition) is 2. The van der Waals surface area contributed by atoms with Crippen molar-refractivity contribution in [1.82, 2.24) is 15.5 Å². The topological polar surface area (TPSA) is 48.9 Å². The maximum absolute atomic E-state index is 5.42. The number of aliphatic imine (C=N–C) groups is 1. The van der Waals surface area contributed by atoms with Crippen molar-refractivity contribution >= 4 is 5.96 Å². The first-order chi connectivity index (χ1) is 13.8. The molecule has 0 bridgehead atoms. The third kappa shape index (κ3) is 5.99. The summed E-state index contributed by atoms with van der Waals surface area (Å²) in [4.78, 5) is 7.26. The Bertz CT molecular complexity index is 751. The van der Waals surface area contributed by atoms with Crippen LogP contribution in [-0.2, 0) is 19.6 Å². The largest absolute Gasteiger partial charge is 0.496 e. The molecule has 1 heterocycles. The number of nitrogens with one attached hydrogen (secondary N) is 2. The third-order valence-corrected chi connectivity index (χ3v) is 5.03. The van der Waals surface area contributed by atoms with Crippen LogP contribution in [0.3, 0.4) is 0 Å². The minimum absolute atomic E-state index is 0.658. The Balaban J connectivity index is 1.55. The van der Waals surface area contributed by atoms with E-state index < -0.39 is 0 Å². The molecule has 2 aromatic carbocycles. The molecule has 0 radical (unpaired) electrons. The summed E-state index contributed by atoms with van der Waals surface area (Å²) in [5.74, 6) is 1.70. The Hall–Kier alpha value is -2.53. The van der Waals surface area contributed by atoms with E-state index in [9.17, 15) is 0 Å². The second-order valence-electron chi connectivity index (χ2n) is 7.16. The van der Waals surface area contributed by atoms with Crippen LogP contribution in [0.4, 0.5) is 0 Å². The van der Waals surface area contributed by atoms with E-state index in [-0.39, 0.29) is 0 Å². The Morgan fingerprint density at radius 1 is 1.00 bits per heavy atom. The smallest absolute Gasteiger partial charge is 0.191 e. The van der Waals surface area contributed by atoms with E-state index in [0.717, 1.165) is 30.4 Å². The van der Waals surface area contributed by atoms with Crippen LogP contribution in [-0.4, -0.2) is 37.6 Å². The van der Waals surface area contributed by atoms with Gasteiger partial charge in [-0.25, -0.2) is 4.99 Å². The fraction of sp³-hybridized carbons (Fsp3) is 0.435. The molecule has 1 aliphatic rings. The number of nitrogens with zero attached hydrogens (tertiary/aromatic N) is 2. The SMILES string of the molecule is CCNC(=NCc1ccc(CN2CCCC2)cc1)NCc1ccccc1OC. The summed E-state index contributed by atoms with van der Waals surface area (Å²) in [7, 11) is 1.70. The van der Waals surface area contributed by atoms with Gasteiger partial charge >= 0.3 is 0 Å². The van der Waals surface area contributed by atoms with Crippen molar-refractivity contribution in [3.63, 3.8) is 0 Å². The molecule has 0 spiro atoms. The molecule has 0 aliphatic carbocycles. The highest BCUT2D eigenvalue weighted by molar-refractivity contribution is 5.79. The van der Waals surface area contributed by atoms with Gasteiger partial charge in [0.05, 0.1) is 13.7 Å². The van der Waals surface area contributed by atoms with Gasteiger partial charge in [-0.2, -0.15) is 0 Å². The van der Waals surface area contributed by atoms with E-state index in [2.05, 4.69) is 52.8 Å². The molecule has 3 rings (SSSR count). The van der Waals surface area contributed by atoms with Crippen molar-refractivity contribution in [3.05, 3.63) is 65.2 Å². The van der Waals surface area contributed by atoms with Crippen molar-refractivity contribution in [3.8, 4) is 5.75 Å². The molecule has 1 aliphatic heterocycles. The number of hydrogen-bond acceptors (Lipinski definition) is 3. The minimum Gasteiger partial charge on any atom is -0.496 e. The van der Waals surface area contributed by atoms with E-state index in [1.807, 2.05) is 18.2 Å². The Morgan fingerprint density at radius 2 is 1.71 bits per heavy atom. The van der Waals surface area contributed by atoms with Crippen LogP contribution in [0.1, 0.15) is 36.5 Å². The van der Waals surface area contributed by atoms with E-state index in [1.54, 1.807) is 7.11 Å². The Labute approximate surface area is 168 Å². The summed E-state index contributed by atoms with van der Waals surface area (Å²) >= 11 is 0. The normalized spacial score (nSPS) is 14.9. The molecule has 5 heteroatoms. The molecule has 28 heavy (non-hydrogen) atoms. The summed E-state index contributed by atoms with van der Waals surface area (Å²) in [6.07, 6.45) is 2.67. The van der Waals surface area contributed by atoms with Crippen molar-refractivity contribution in [2.45, 2.75) is 39.4 Å². The van der Waals surface area contributed by atoms with Gasteiger partial charge in [0.2, 0.25) is 0 Å². The van der Waals surface area contributed by atoms with Crippen LogP contribution in [0.25, 0.3) is 0 Å². The maximum atomic E-state index is 5.42.